The molecular formula is C12H24N4O. The van der Waals surface area contributed by atoms with Crippen molar-refractivity contribution in [3.8, 4) is 0 Å². The van der Waals surface area contributed by atoms with Gasteiger partial charge in [-0.3, -0.25) is 9.79 Å². The van der Waals surface area contributed by atoms with Crippen molar-refractivity contribution in [2.24, 2.45) is 10.9 Å². The predicted octanol–water partition coefficient (Wildman–Crippen LogP) is 0.476. The van der Waals surface area contributed by atoms with Gasteiger partial charge in [-0.25, -0.2) is 0 Å². The fraction of sp³-hybridized carbons (Fsp3) is 0.833. The number of nitrogens with zero attached hydrogens (tertiary/aromatic N) is 1. The normalized spacial score (nSPS) is 17.5. The fourth-order valence-electron chi connectivity index (χ4n) is 1.39. The molecule has 98 valence electrons. The van der Waals surface area contributed by atoms with Gasteiger partial charge < -0.3 is 16.0 Å². The molecule has 1 saturated carbocycles. The van der Waals surface area contributed by atoms with Gasteiger partial charge in [-0.1, -0.05) is 6.92 Å². The van der Waals surface area contributed by atoms with E-state index in [1.54, 1.807) is 7.05 Å². The molecule has 1 aliphatic carbocycles. The highest BCUT2D eigenvalue weighted by Gasteiger charge is 2.28. The molecule has 0 aromatic rings. The third-order valence-electron chi connectivity index (χ3n) is 2.88. The number of rotatable bonds is 6. The summed E-state index contributed by atoms with van der Waals surface area (Å²) >= 11 is 0. The van der Waals surface area contributed by atoms with Crippen LogP contribution in [0.1, 0.15) is 33.1 Å². The van der Waals surface area contributed by atoms with Crippen LogP contribution in [0.25, 0.3) is 0 Å². The first-order valence-electron chi connectivity index (χ1n) is 6.42. The Hall–Kier alpha value is -1.26. The van der Waals surface area contributed by atoms with Gasteiger partial charge in [-0.15, -0.1) is 0 Å². The Morgan fingerprint density at radius 2 is 2.00 bits per heavy atom. The SMILES string of the molecule is CCC(C)NC(=NC)NCCNC(=O)C1CC1. The minimum Gasteiger partial charge on any atom is -0.355 e. The summed E-state index contributed by atoms with van der Waals surface area (Å²) in [6, 6.07) is 0.405. The monoisotopic (exact) mass is 240 g/mol. The highest BCUT2D eigenvalue weighted by molar-refractivity contribution is 5.81. The van der Waals surface area contributed by atoms with Crippen molar-refractivity contribution in [2.75, 3.05) is 20.1 Å². The largest absolute Gasteiger partial charge is 0.355 e. The van der Waals surface area contributed by atoms with Gasteiger partial charge in [0.15, 0.2) is 5.96 Å². The molecule has 0 bridgehead atoms. The van der Waals surface area contributed by atoms with Gasteiger partial charge in [0.25, 0.3) is 0 Å². The van der Waals surface area contributed by atoms with Crippen LogP contribution in [0.2, 0.25) is 0 Å². The van der Waals surface area contributed by atoms with Crippen LogP contribution < -0.4 is 16.0 Å². The number of carbonyl (C=O) groups excluding carboxylic acids is 1. The maximum Gasteiger partial charge on any atom is 0.223 e. The number of nitrogens with one attached hydrogen (secondary N) is 3. The van der Waals surface area contributed by atoms with Crippen LogP contribution >= 0.6 is 0 Å². The molecule has 0 heterocycles. The van der Waals surface area contributed by atoms with E-state index in [2.05, 4.69) is 34.8 Å². The molecule has 3 N–H and O–H groups in total. The van der Waals surface area contributed by atoms with E-state index in [0.717, 1.165) is 25.2 Å². The molecule has 5 nitrogen and oxygen atoms in total. The highest BCUT2D eigenvalue weighted by atomic mass is 16.2. The van der Waals surface area contributed by atoms with Gasteiger partial charge in [-0.2, -0.15) is 0 Å². The number of amides is 1. The Labute approximate surface area is 103 Å². The summed E-state index contributed by atoms with van der Waals surface area (Å²) in [7, 11) is 1.75. The van der Waals surface area contributed by atoms with Crippen molar-refractivity contribution in [2.45, 2.75) is 39.2 Å². The zero-order valence-electron chi connectivity index (χ0n) is 11.0. The molecule has 1 rings (SSSR count). The molecule has 1 amide bonds. The lowest BCUT2D eigenvalue weighted by Gasteiger charge is -2.16. The summed E-state index contributed by atoms with van der Waals surface area (Å²) in [5.74, 6) is 1.27. The minimum atomic E-state index is 0.191. The maximum absolute atomic E-state index is 11.4. The van der Waals surface area contributed by atoms with Gasteiger partial charge in [0, 0.05) is 32.1 Å². The van der Waals surface area contributed by atoms with E-state index >= 15 is 0 Å². The summed E-state index contributed by atoms with van der Waals surface area (Å²) < 4.78 is 0. The standard InChI is InChI=1S/C12H24N4O/c1-4-9(2)16-12(13-3)15-8-7-14-11(17)10-5-6-10/h9-10H,4-8H2,1-3H3,(H,14,17)(H2,13,15,16). The zero-order valence-corrected chi connectivity index (χ0v) is 11.0. The summed E-state index contributed by atoms with van der Waals surface area (Å²) in [5, 5.41) is 9.35. The molecule has 0 aliphatic heterocycles. The summed E-state index contributed by atoms with van der Waals surface area (Å²) in [4.78, 5) is 15.5. The smallest absolute Gasteiger partial charge is 0.223 e. The second-order valence-electron chi connectivity index (χ2n) is 4.52. The number of guanidine groups is 1. The maximum atomic E-state index is 11.4. The van der Waals surface area contributed by atoms with Crippen LogP contribution in [0.4, 0.5) is 0 Å². The Balaban J connectivity index is 2.08. The van der Waals surface area contributed by atoms with Crippen LogP contribution in [-0.2, 0) is 4.79 Å². The van der Waals surface area contributed by atoms with E-state index in [1.807, 2.05) is 0 Å². The molecule has 0 spiro atoms. The molecule has 17 heavy (non-hydrogen) atoms. The van der Waals surface area contributed by atoms with E-state index in [1.165, 1.54) is 0 Å². The predicted molar refractivity (Wildman–Crippen MR) is 70.0 cm³/mol. The Bertz CT molecular complexity index is 274. The second kappa shape index (κ2) is 7.14. The lowest BCUT2D eigenvalue weighted by molar-refractivity contribution is -0.122. The average molecular weight is 240 g/mol. The molecule has 0 aromatic heterocycles. The number of hydrogen-bond donors (Lipinski definition) is 3. The molecule has 1 fully saturated rings. The van der Waals surface area contributed by atoms with Crippen molar-refractivity contribution in [3.05, 3.63) is 0 Å². The highest BCUT2D eigenvalue weighted by Crippen LogP contribution is 2.28. The first kappa shape index (κ1) is 13.8. The van der Waals surface area contributed by atoms with Gasteiger partial charge in [0.05, 0.1) is 0 Å². The van der Waals surface area contributed by atoms with Crippen LogP contribution in [0, 0.1) is 5.92 Å². The van der Waals surface area contributed by atoms with E-state index in [4.69, 9.17) is 0 Å². The molecular weight excluding hydrogens is 216 g/mol. The molecule has 1 atom stereocenters. The number of aliphatic imine (C=N–C) groups is 1. The zero-order chi connectivity index (χ0) is 12.7. The van der Waals surface area contributed by atoms with Crippen molar-refractivity contribution >= 4 is 11.9 Å². The van der Waals surface area contributed by atoms with Gasteiger partial charge >= 0.3 is 0 Å². The molecule has 0 aromatic carbocycles. The summed E-state index contributed by atoms with van der Waals surface area (Å²) in [6.07, 6.45) is 3.16. The van der Waals surface area contributed by atoms with Crippen molar-refractivity contribution in [1.29, 1.82) is 0 Å². The third kappa shape index (κ3) is 5.56. The van der Waals surface area contributed by atoms with Crippen LogP contribution in [-0.4, -0.2) is 38.0 Å². The Morgan fingerprint density at radius 1 is 1.35 bits per heavy atom. The summed E-state index contributed by atoms with van der Waals surface area (Å²) in [5.41, 5.74) is 0. The van der Waals surface area contributed by atoms with E-state index in [9.17, 15) is 4.79 Å². The van der Waals surface area contributed by atoms with E-state index in [-0.39, 0.29) is 11.8 Å². The summed E-state index contributed by atoms with van der Waals surface area (Å²) in [6.45, 7) is 5.59. The molecule has 0 saturated heterocycles. The molecule has 0 radical (unpaired) electrons. The first-order chi connectivity index (χ1) is 8.17. The first-order valence-corrected chi connectivity index (χ1v) is 6.42. The molecule has 1 aliphatic rings. The topological polar surface area (TPSA) is 65.5 Å². The number of hydrogen-bond acceptors (Lipinski definition) is 2. The Morgan fingerprint density at radius 3 is 2.53 bits per heavy atom. The van der Waals surface area contributed by atoms with Crippen molar-refractivity contribution < 1.29 is 4.79 Å². The van der Waals surface area contributed by atoms with Crippen LogP contribution in [0.15, 0.2) is 4.99 Å². The molecule has 1 unspecified atom stereocenters. The number of carbonyl (C=O) groups is 1. The lowest BCUT2D eigenvalue weighted by atomic mass is 10.3. The van der Waals surface area contributed by atoms with E-state index < -0.39 is 0 Å². The van der Waals surface area contributed by atoms with Crippen LogP contribution in [0.5, 0.6) is 0 Å². The van der Waals surface area contributed by atoms with Gasteiger partial charge in [0.2, 0.25) is 5.91 Å². The minimum absolute atomic E-state index is 0.191. The van der Waals surface area contributed by atoms with Gasteiger partial charge in [-0.05, 0) is 26.2 Å². The Kier molecular flexibility index (Phi) is 5.80. The third-order valence-corrected chi connectivity index (χ3v) is 2.88. The van der Waals surface area contributed by atoms with Gasteiger partial charge in [0.1, 0.15) is 0 Å². The quantitative estimate of drug-likeness (QED) is 0.359. The lowest BCUT2D eigenvalue weighted by Crippen LogP contribution is -2.44. The average Bonchev–Trinajstić information content (AvgIpc) is 3.16. The van der Waals surface area contributed by atoms with Crippen molar-refractivity contribution in [1.82, 2.24) is 16.0 Å². The van der Waals surface area contributed by atoms with Crippen LogP contribution in [0.3, 0.4) is 0 Å². The van der Waals surface area contributed by atoms with Crippen molar-refractivity contribution in [3.63, 3.8) is 0 Å². The molecule has 5 heteroatoms. The second-order valence-corrected chi connectivity index (χ2v) is 4.52. The fourth-order valence-corrected chi connectivity index (χ4v) is 1.39. The van der Waals surface area contributed by atoms with E-state index in [0.29, 0.717) is 19.1 Å².